The first-order valence-electron chi connectivity index (χ1n) is 13.1. The third-order valence-electron chi connectivity index (χ3n) is 6.48. The Labute approximate surface area is 248 Å². The number of hydrogen-bond donors (Lipinski definition) is 2. The van der Waals surface area contributed by atoms with E-state index in [9.17, 15) is 19.2 Å². The number of hydrogen-bond acceptors (Lipinski definition) is 7. The van der Waals surface area contributed by atoms with Gasteiger partial charge in [0.1, 0.15) is 11.3 Å². The number of barbiturate groups is 1. The van der Waals surface area contributed by atoms with Gasteiger partial charge in [0.15, 0.2) is 18.1 Å². The van der Waals surface area contributed by atoms with E-state index in [1.54, 1.807) is 18.2 Å². The lowest BCUT2D eigenvalue weighted by Crippen LogP contribution is -2.54. The molecular weight excluding hydrogens is 562 g/mol. The van der Waals surface area contributed by atoms with Crippen LogP contribution in [0.3, 0.4) is 0 Å². The average Bonchev–Trinajstić information content (AvgIpc) is 2.96. The van der Waals surface area contributed by atoms with Crippen molar-refractivity contribution in [3.8, 4) is 17.2 Å². The number of imide groups is 2. The predicted molar refractivity (Wildman–Crippen MR) is 159 cm³/mol. The molecule has 5 amide bonds. The number of nitrogens with zero attached hydrogens (tertiary/aromatic N) is 1. The molecule has 1 aliphatic rings. The van der Waals surface area contributed by atoms with E-state index in [0.29, 0.717) is 28.8 Å². The van der Waals surface area contributed by atoms with Crippen molar-refractivity contribution in [2.45, 2.75) is 27.2 Å². The van der Waals surface area contributed by atoms with Gasteiger partial charge in [-0.15, -0.1) is 0 Å². The van der Waals surface area contributed by atoms with Gasteiger partial charge in [-0.1, -0.05) is 30.7 Å². The fourth-order valence-corrected chi connectivity index (χ4v) is 4.33. The molecule has 0 atom stereocenters. The van der Waals surface area contributed by atoms with Gasteiger partial charge in [-0.05, 0) is 73.9 Å². The highest BCUT2D eigenvalue weighted by Gasteiger charge is 2.37. The van der Waals surface area contributed by atoms with Crippen LogP contribution < -0.4 is 29.7 Å². The van der Waals surface area contributed by atoms with E-state index in [1.165, 1.54) is 37.5 Å². The van der Waals surface area contributed by atoms with Gasteiger partial charge >= 0.3 is 6.03 Å². The van der Waals surface area contributed by atoms with Crippen LogP contribution in [0.1, 0.15) is 30.0 Å². The second-order valence-electron chi connectivity index (χ2n) is 9.41. The van der Waals surface area contributed by atoms with Crippen molar-refractivity contribution in [2.24, 2.45) is 0 Å². The molecule has 0 aliphatic carbocycles. The van der Waals surface area contributed by atoms with Crippen LogP contribution in [-0.4, -0.2) is 44.1 Å². The summed E-state index contributed by atoms with van der Waals surface area (Å²) in [6, 6.07) is 13.8. The monoisotopic (exact) mass is 591 g/mol. The van der Waals surface area contributed by atoms with E-state index >= 15 is 0 Å². The van der Waals surface area contributed by atoms with Crippen LogP contribution in [0.25, 0.3) is 6.08 Å². The first-order valence-corrected chi connectivity index (χ1v) is 13.5. The fraction of sp³-hybridized carbons (Fsp3) is 0.226. The highest BCUT2D eigenvalue weighted by molar-refractivity contribution is 6.39. The molecule has 0 saturated carbocycles. The number of nitrogens with one attached hydrogen (secondary N) is 2. The SMILES string of the molecule is CCCOc1ccc(N2C(=O)NC(=O)/C(=C/c3cc(Cl)ccc3OCC(=O)Nc3cccc(C)c3C)C2=O)cc1OC. The molecule has 1 fully saturated rings. The Morgan fingerprint density at radius 2 is 1.76 bits per heavy atom. The topological polar surface area (TPSA) is 123 Å². The van der Waals surface area contributed by atoms with Gasteiger partial charge in [-0.3, -0.25) is 19.7 Å². The first kappa shape index (κ1) is 30.1. The van der Waals surface area contributed by atoms with Gasteiger partial charge in [-0.2, -0.15) is 0 Å². The van der Waals surface area contributed by atoms with E-state index in [-0.39, 0.29) is 29.2 Å². The predicted octanol–water partition coefficient (Wildman–Crippen LogP) is 5.44. The van der Waals surface area contributed by atoms with Crippen molar-refractivity contribution in [1.82, 2.24) is 5.32 Å². The Bertz CT molecular complexity index is 1580. The van der Waals surface area contributed by atoms with Gasteiger partial charge in [0.2, 0.25) is 0 Å². The number of methoxy groups -OCH3 is 1. The Balaban J connectivity index is 1.59. The number of anilines is 2. The van der Waals surface area contributed by atoms with Crippen LogP contribution in [-0.2, 0) is 14.4 Å². The molecule has 0 radical (unpaired) electrons. The lowest BCUT2D eigenvalue weighted by Gasteiger charge is -2.27. The summed E-state index contributed by atoms with van der Waals surface area (Å²) >= 11 is 6.20. The van der Waals surface area contributed by atoms with Gasteiger partial charge in [0, 0.05) is 22.3 Å². The summed E-state index contributed by atoms with van der Waals surface area (Å²) in [5.74, 6) is -1.20. The average molecular weight is 592 g/mol. The maximum absolute atomic E-state index is 13.5. The molecule has 0 aromatic heterocycles. The summed E-state index contributed by atoms with van der Waals surface area (Å²) in [6.07, 6.45) is 2.04. The summed E-state index contributed by atoms with van der Waals surface area (Å²) < 4.78 is 16.8. The molecule has 1 heterocycles. The van der Waals surface area contributed by atoms with Gasteiger partial charge < -0.3 is 19.5 Å². The van der Waals surface area contributed by atoms with E-state index in [0.717, 1.165) is 22.4 Å². The van der Waals surface area contributed by atoms with Gasteiger partial charge in [0.05, 0.1) is 19.4 Å². The van der Waals surface area contributed by atoms with Crippen molar-refractivity contribution in [3.05, 3.63) is 81.9 Å². The van der Waals surface area contributed by atoms with Gasteiger partial charge in [0.25, 0.3) is 17.7 Å². The number of carbonyl (C=O) groups is 4. The van der Waals surface area contributed by atoms with Crippen LogP contribution in [0, 0.1) is 13.8 Å². The highest BCUT2D eigenvalue weighted by atomic mass is 35.5. The quantitative estimate of drug-likeness (QED) is 0.238. The number of rotatable bonds is 10. The lowest BCUT2D eigenvalue weighted by molar-refractivity contribution is -0.122. The molecule has 4 rings (SSSR count). The minimum Gasteiger partial charge on any atom is -0.493 e. The zero-order valence-corrected chi connectivity index (χ0v) is 24.3. The minimum atomic E-state index is -0.919. The zero-order chi connectivity index (χ0) is 30.4. The zero-order valence-electron chi connectivity index (χ0n) is 23.6. The number of aryl methyl sites for hydroxylation is 1. The second kappa shape index (κ2) is 13.2. The Hall–Kier alpha value is -4.83. The molecule has 2 N–H and O–H groups in total. The highest BCUT2D eigenvalue weighted by Crippen LogP contribution is 2.34. The van der Waals surface area contributed by atoms with Crippen molar-refractivity contribution in [3.63, 3.8) is 0 Å². The number of halogens is 1. The van der Waals surface area contributed by atoms with Crippen molar-refractivity contribution in [2.75, 3.05) is 30.5 Å². The standard InChI is InChI=1S/C31H30ClN3O7/c1-5-13-41-26-12-10-22(16-27(26)40-4)35-30(38)23(29(37)34-31(35)39)15-20-14-21(32)9-11-25(20)42-17-28(36)33-24-8-6-7-18(2)19(24)3/h6-12,14-16H,5,13,17H2,1-4H3,(H,33,36)(H,34,37,39)/b23-15-. The smallest absolute Gasteiger partial charge is 0.335 e. The Morgan fingerprint density at radius 1 is 1.00 bits per heavy atom. The molecule has 10 nitrogen and oxygen atoms in total. The fourth-order valence-electron chi connectivity index (χ4n) is 4.15. The lowest BCUT2D eigenvalue weighted by atomic mass is 10.1. The maximum Gasteiger partial charge on any atom is 0.335 e. The summed E-state index contributed by atoms with van der Waals surface area (Å²) in [5.41, 5.74) is 2.72. The van der Waals surface area contributed by atoms with Crippen LogP contribution in [0.2, 0.25) is 5.02 Å². The maximum atomic E-state index is 13.5. The third kappa shape index (κ3) is 6.72. The molecule has 0 unspecified atom stereocenters. The summed E-state index contributed by atoms with van der Waals surface area (Å²) in [7, 11) is 1.44. The molecule has 1 aliphatic heterocycles. The number of ether oxygens (including phenoxy) is 3. The molecular formula is C31H30ClN3O7. The van der Waals surface area contributed by atoms with Crippen LogP contribution in [0.4, 0.5) is 16.2 Å². The number of urea groups is 1. The molecule has 42 heavy (non-hydrogen) atoms. The second-order valence-corrected chi connectivity index (χ2v) is 9.84. The first-order chi connectivity index (χ1) is 20.1. The summed E-state index contributed by atoms with van der Waals surface area (Å²) in [5, 5.41) is 5.30. The molecule has 0 spiro atoms. The molecule has 11 heteroatoms. The Kier molecular flexibility index (Phi) is 9.49. The van der Waals surface area contributed by atoms with Gasteiger partial charge in [-0.25, -0.2) is 9.69 Å². The van der Waals surface area contributed by atoms with E-state index in [4.69, 9.17) is 25.8 Å². The minimum absolute atomic E-state index is 0.169. The summed E-state index contributed by atoms with van der Waals surface area (Å²) in [6.45, 7) is 5.92. The van der Waals surface area contributed by atoms with E-state index in [1.807, 2.05) is 32.9 Å². The molecule has 1 saturated heterocycles. The number of amides is 5. The Morgan fingerprint density at radius 3 is 2.50 bits per heavy atom. The molecule has 3 aromatic carbocycles. The van der Waals surface area contributed by atoms with E-state index < -0.39 is 23.8 Å². The van der Waals surface area contributed by atoms with Crippen LogP contribution in [0.5, 0.6) is 17.2 Å². The number of benzene rings is 3. The van der Waals surface area contributed by atoms with E-state index in [2.05, 4.69) is 10.6 Å². The van der Waals surface area contributed by atoms with Crippen molar-refractivity contribution in [1.29, 1.82) is 0 Å². The van der Waals surface area contributed by atoms with Crippen LogP contribution in [0.15, 0.2) is 60.2 Å². The normalized spacial score (nSPS) is 14.1. The molecule has 218 valence electrons. The third-order valence-corrected chi connectivity index (χ3v) is 6.71. The van der Waals surface area contributed by atoms with Crippen molar-refractivity contribution >= 4 is 52.8 Å². The van der Waals surface area contributed by atoms with Crippen molar-refractivity contribution < 1.29 is 33.4 Å². The molecule has 0 bridgehead atoms. The number of carbonyl (C=O) groups excluding carboxylic acids is 4. The largest absolute Gasteiger partial charge is 0.493 e. The molecule has 3 aromatic rings. The summed E-state index contributed by atoms with van der Waals surface area (Å²) in [4.78, 5) is 52.5. The van der Waals surface area contributed by atoms with Crippen LogP contribution >= 0.6 is 11.6 Å².